The quantitative estimate of drug-likeness (QED) is 0.641. The zero-order valence-electron chi connectivity index (χ0n) is 8.92. The van der Waals surface area contributed by atoms with Gasteiger partial charge in [-0.25, -0.2) is 0 Å². The first-order valence-electron chi connectivity index (χ1n) is 4.90. The zero-order valence-corrected chi connectivity index (χ0v) is 8.92. The fourth-order valence-electron chi connectivity index (χ4n) is 1.34. The van der Waals surface area contributed by atoms with E-state index in [-0.39, 0.29) is 17.4 Å². The van der Waals surface area contributed by atoms with Crippen molar-refractivity contribution in [3.63, 3.8) is 0 Å². The van der Waals surface area contributed by atoms with Crippen LogP contribution in [0.15, 0.2) is 0 Å². The predicted molar refractivity (Wildman–Crippen MR) is 51.6 cm³/mol. The molecular formula is C10H17NO3. The van der Waals surface area contributed by atoms with Gasteiger partial charge in [0.05, 0.1) is 0 Å². The van der Waals surface area contributed by atoms with Crippen molar-refractivity contribution in [2.45, 2.75) is 51.7 Å². The standard InChI is InChI=1S/C10H17NO3/c1-10(2,3)11-9(13)7-5-4-6-8(12)14-7/h7H,4-6H2,1-3H3,(H,11,13)/t7-/m1/s1. The molecule has 0 radical (unpaired) electrons. The summed E-state index contributed by atoms with van der Waals surface area (Å²) < 4.78 is 4.94. The summed E-state index contributed by atoms with van der Waals surface area (Å²) in [6, 6.07) is 0. The van der Waals surface area contributed by atoms with E-state index in [0.717, 1.165) is 6.42 Å². The van der Waals surface area contributed by atoms with Crippen molar-refractivity contribution in [3.05, 3.63) is 0 Å². The van der Waals surface area contributed by atoms with E-state index in [9.17, 15) is 9.59 Å². The molecule has 1 fully saturated rings. The Labute approximate surface area is 84.0 Å². The van der Waals surface area contributed by atoms with Crippen molar-refractivity contribution in [2.24, 2.45) is 0 Å². The van der Waals surface area contributed by atoms with Crippen LogP contribution in [-0.2, 0) is 14.3 Å². The van der Waals surface area contributed by atoms with Crippen molar-refractivity contribution < 1.29 is 14.3 Å². The molecule has 1 N–H and O–H groups in total. The second-order valence-electron chi connectivity index (χ2n) is 4.61. The molecule has 1 atom stereocenters. The highest BCUT2D eigenvalue weighted by Crippen LogP contribution is 2.15. The molecule has 14 heavy (non-hydrogen) atoms. The van der Waals surface area contributed by atoms with Gasteiger partial charge in [0.2, 0.25) is 0 Å². The summed E-state index contributed by atoms with van der Waals surface area (Å²) in [6.07, 6.45) is 1.21. The number of cyclic esters (lactones) is 1. The Hall–Kier alpha value is -1.06. The minimum absolute atomic E-state index is 0.189. The topological polar surface area (TPSA) is 55.4 Å². The minimum atomic E-state index is -0.588. The number of amides is 1. The number of ether oxygens (including phenoxy) is 1. The maximum absolute atomic E-state index is 11.6. The van der Waals surface area contributed by atoms with E-state index in [4.69, 9.17) is 4.74 Å². The fraction of sp³-hybridized carbons (Fsp3) is 0.800. The second-order valence-corrected chi connectivity index (χ2v) is 4.61. The Morgan fingerprint density at radius 1 is 1.50 bits per heavy atom. The van der Waals surface area contributed by atoms with Gasteiger partial charge in [-0.1, -0.05) is 0 Å². The molecule has 0 aromatic carbocycles. The molecule has 80 valence electrons. The molecule has 1 amide bonds. The molecule has 0 aromatic rings. The van der Waals surface area contributed by atoms with Crippen LogP contribution in [0.4, 0.5) is 0 Å². The van der Waals surface area contributed by atoms with E-state index in [2.05, 4.69) is 5.32 Å². The van der Waals surface area contributed by atoms with Gasteiger partial charge >= 0.3 is 5.97 Å². The lowest BCUT2D eigenvalue weighted by Crippen LogP contribution is -2.48. The minimum Gasteiger partial charge on any atom is -0.452 e. The molecule has 0 spiro atoms. The summed E-state index contributed by atoms with van der Waals surface area (Å²) in [5, 5.41) is 2.79. The Morgan fingerprint density at radius 2 is 2.14 bits per heavy atom. The van der Waals surface area contributed by atoms with E-state index >= 15 is 0 Å². The van der Waals surface area contributed by atoms with Crippen LogP contribution in [0.25, 0.3) is 0 Å². The molecule has 4 nitrogen and oxygen atoms in total. The maximum Gasteiger partial charge on any atom is 0.306 e. The Balaban J connectivity index is 2.48. The van der Waals surface area contributed by atoms with Gasteiger partial charge in [-0.15, -0.1) is 0 Å². The molecule has 1 aliphatic rings. The smallest absolute Gasteiger partial charge is 0.306 e. The second kappa shape index (κ2) is 3.98. The van der Waals surface area contributed by atoms with Gasteiger partial charge in [0.1, 0.15) is 0 Å². The number of rotatable bonds is 1. The van der Waals surface area contributed by atoms with E-state index in [1.54, 1.807) is 0 Å². The zero-order chi connectivity index (χ0) is 10.8. The number of carbonyl (C=O) groups is 2. The number of carbonyl (C=O) groups excluding carboxylic acids is 2. The van der Waals surface area contributed by atoms with Crippen molar-refractivity contribution in [1.82, 2.24) is 5.32 Å². The van der Waals surface area contributed by atoms with Gasteiger partial charge < -0.3 is 10.1 Å². The molecule has 1 heterocycles. The van der Waals surface area contributed by atoms with E-state index in [1.807, 2.05) is 20.8 Å². The Kier molecular flexibility index (Phi) is 3.13. The molecule has 1 saturated heterocycles. The van der Waals surface area contributed by atoms with E-state index < -0.39 is 6.10 Å². The predicted octanol–water partition coefficient (Wildman–Crippen LogP) is 0.997. The van der Waals surface area contributed by atoms with Crippen LogP contribution in [0, 0.1) is 0 Å². The summed E-state index contributed by atoms with van der Waals surface area (Å²) in [5.41, 5.74) is -0.277. The third-order valence-electron chi connectivity index (χ3n) is 1.91. The van der Waals surface area contributed by atoms with Crippen molar-refractivity contribution in [1.29, 1.82) is 0 Å². The van der Waals surface area contributed by atoms with E-state index in [0.29, 0.717) is 12.8 Å². The summed E-state index contributed by atoms with van der Waals surface area (Å²) in [5.74, 6) is -0.462. The van der Waals surface area contributed by atoms with Crippen LogP contribution in [0.1, 0.15) is 40.0 Å². The van der Waals surface area contributed by atoms with Gasteiger partial charge in [-0.05, 0) is 33.6 Å². The van der Waals surface area contributed by atoms with Gasteiger partial charge in [0.15, 0.2) is 6.10 Å². The largest absolute Gasteiger partial charge is 0.452 e. The number of esters is 1. The first-order valence-corrected chi connectivity index (χ1v) is 4.90. The normalized spacial score (nSPS) is 22.8. The third kappa shape index (κ3) is 3.36. The first-order chi connectivity index (χ1) is 6.38. The van der Waals surface area contributed by atoms with Gasteiger partial charge in [-0.2, -0.15) is 0 Å². The molecule has 0 unspecified atom stereocenters. The monoisotopic (exact) mass is 199 g/mol. The molecule has 0 aromatic heterocycles. The molecule has 1 rings (SSSR count). The lowest BCUT2D eigenvalue weighted by Gasteiger charge is -2.26. The molecule has 0 aliphatic carbocycles. The summed E-state index contributed by atoms with van der Waals surface area (Å²) in [4.78, 5) is 22.5. The molecule has 0 saturated carbocycles. The van der Waals surface area contributed by atoms with Crippen LogP contribution in [0.2, 0.25) is 0 Å². The molecule has 4 heteroatoms. The third-order valence-corrected chi connectivity index (χ3v) is 1.91. The summed E-state index contributed by atoms with van der Waals surface area (Å²) >= 11 is 0. The van der Waals surface area contributed by atoms with Crippen LogP contribution < -0.4 is 5.32 Å². The Bertz CT molecular complexity index is 242. The van der Waals surface area contributed by atoms with Gasteiger partial charge in [0.25, 0.3) is 5.91 Å². The number of nitrogens with one attached hydrogen (secondary N) is 1. The number of hydrogen-bond acceptors (Lipinski definition) is 3. The Morgan fingerprint density at radius 3 is 2.64 bits per heavy atom. The molecule has 1 aliphatic heterocycles. The van der Waals surface area contributed by atoms with Crippen LogP contribution in [-0.4, -0.2) is 23.5 Å². The van der Waals surface area contributed by atoms with Gasteiger partial charge in [0, 0.05) is 12.0 Å². The van der Waals surface area contributed by atoms with Crippen LogP contribution >= 0.6 is 0 Å². The van der Waals surface area contributed by atoms with Crippen LogP contribution in [0.5, 0.6) is 0 Å². The van der Waals surface area contributed by atoms with Crippen molar-refractivity contribution in [2.75, 3.05) is 0 Å². The first kappa shape index (κ1) is 11.0. The average Bonchev–Trinajstić information content (AvgIpc) is 2.01. The SMILES string of the molecule is CC(C)(C)NC(=O)[C@H]1CCCC(=O)O1. The summed E-state index contributed by atoms with van der Waals surface area (Å²) in [7, 11) is 0. The lowest BCUT2D eigenvalue weighted by atomic mass is 10.1. The number of hydrogen-bond donors (Lipinski definition) is 1. The highest BCUT2D eigenvalue weighted by Gasteiger charge is 2.28. The van der Waals surface area contributed by atoms with Crippen molar-refractivity contribution in [3.8, 4) is 0 Å². The van der Waals surface area contributed by atoms with Gasteiger partial charge in [-0.3, -0.25) is 9.59 Å². The fourth-order valence-corrected chi connectivity index (χ4v) is 1.34. The van der Waals surface area contributed by atoms with Crippen LogP contribution in [0.3, 0.4) is 0 Å². The van der Waals surface area contributed by atoms with E-state index in [1.165, 1.54) is 0 Å². The van der Waals surface area contributed by atoms with Crippen molar-refractivity contribution >= 4 is 11.9 Å². The summed E-state index contributed by atoms with van der Waals surface area (Å²) in [6.45, 7) is 5.70. The molecular weight excluding hydrogens is 182 g/mol. The average molecular weight is 199 g/mol. The lowest BCUT2D eigenvalue weighted by molar-refractivity contribution is -0.160. The molecule has 0 bridgehead atoms. The highest BCUT2D eigenvalue weighted by atomic mass is 16.5. The highest BCUT2D eigenvalue weighted by molar-refractivity contribution is 5.85. The maximum atomic E-state index is 11.6.